The summed E-state index contributed by atoms with van der Waals surface area (Å²) in [4.78, 5) is 17.9. The summed E-state index contributed by atoms with van der Waals surface area (Å²) in [5.41, 5.74) is 4.05. The van der Waals surface area contributed by atoms with Gasteiger partial charge in [0.05, 0.1) is 7.11 Å². The van der Waals surface area contributed by atoms with Crippen LogP contribution in [-0.4, -0.2) is 51.6 Å². The lowest BCUT2D eigenvalue weighted by Gasteiger charge is -2.15. The summed E-state index contributed by atoms with van der Waals surface area (Å²) in [6.45, 7) is 3.38. The van der Waals surface area contributed by atoms with Crippen LogP contribution in [0.25, 0.3) is 0 Å². The Morgan fingerprint density at radius 3 is 2.55 bits per heavy atom. The van der Waals surface area contributed by atoms with Gasteiger partial charge in [0, 0.05) is 45.4 Å². The second-order valence-electron chi connectivity index (χ2n) is 6.82. The number of guanidine groups is 1. The summed E-state index contributed by atoms with van der Waals surface area (Å²) in [5.74, 6) is 1.60. The lowest BCUT2D eigenvalue weighted by atomic mass is 10.1. The van der Waals surface area contributed by atoms with E-state index in [1.165, 1.54) is 0 Å². The molecule has 2 aromatic rings. The van der Waals surface area contributed by atoms with Crippen LogP contribution in [0.1, 0.15) is 27.0 Å². The first-order valence-corrected chi connectivity index (χ1v) is 9.33. The smallest absolute Gasteiger partial charge is 0.253 e. The highest BCUT2D eigenvalue weighted by Crippen LogP contribution is 2.19. The van der Waals surface area contributed by atoms with Gasteiger partial charge in [-0.1, -0.05) is 24.3 Å². The molecular weight excluding hydrogens is 479 g/mol. The Hall–Kier alpha value is -2.29. The van der Waals surface area contributed by atoms with Crippen molar-refractivity contribution in [2.24, 2.45) is 4.99 Å². The lowest BCUT2D eigenvalue weighted by Crippen LogP contribution is -2.37. The molecule has 0 aliphatic carbocycles. The summed E-state index contributed by atoms with van der Waals surface area (Å²) >= 11 is 0. The van der Waals surface area contributed by atoms with Crippen LogP contribution in [-0.2, 0) is 13.0 Å². The fourth-order valence-corrected chi connectivity index (χ4v) is 2.84. The van der Waals surface area contributed by atoms with Crippen molar-refractivity contribution in [2.75, 3.05) is 34.8 Å². The van der Waals surface area contributed by atoms with Crippen LogP contribution >= 0.6 is 24.0 Å². The lowest BCUT2D eigenvalue weighted by molar-refractivity contribution is 0.0827. The van der Waals surface area contributed by atoms with E-state index in [2.05, 4.69) is 27.8 Å². The Labute approximate surface area is 190 Å². The molecule has 2 aromatic carbocycles. The van der Waals surface area contributed by atoms with Gasteiger partial charge in [0.1, 0.15) is 5.75 Å². The number of carbonyl (C=O) groups excluding carboxylic acids is 1. The van der Waals surface area contributed by atoms with E-state index < -0.39 is 0 Å². The number of aliphatic imine (C=N–C) groups is 1. The van der Waals surface area contributed by atoms with Crippen molar-refractivity contribution in [1.29, 1.82) is 0 Å². The molecule has 6 nitrogen and oxygen atoms in total. The van der Waals surface area contributed by atoms with Gasteiger partial charge in [-0.15, -0.1) is 24.0 Å². The number of aryl methyl sites for hydroxylation is 1. The number of nitrogens with zero attached hydrogens (tertiary/aromatic N) is 2. The largest absolute Gasteiger partial charge is 0.496 e. The van der Waals surface area contributed by atoms with Gasteiger partial charge in [0.2, 0.25) is 0 Å². The summed E-state index contributed by atoms with van der Waals surface area (Å²) in [6.07, 6.45) is 0.795. The van der Waals surface area contributed by atoms with E-state index in [-0.39, 0.29) is 29.9 Å². The molecule has 0 saturated heterocycles. The molecule has 2 N–H and O–H groups in total. The van der Waals surface area contributed by atoms with Crippen LogP contribution < -0.4 is 15.4 Å². The van der Waals surface area contributed by atoms with Crippen molar-refractivity contribution in [3.8, 4) is 5.75 Å². The van der Waals surface area contributed by atoms with Crippen molar-refractivity contribution in [1.82, 2.24) is 15.5 Å². The van der Waals surface area contributed by atoms with Crippen LogP contribution in [0.4, 0.5) is 0 Å². The van der Waals surface area contributed by atoms with E-state index in [1.54, 1.807) is 33.2 Å². The minimum absolute atomic E-state index is 0. The van der Waals surface area contributed by atoms with Gasteiger partial charge in [-0.3, -0.25) is 9.79 Å². The molecule has 1 amide bonds. The van der Waals surface area contributed by atoms with Gasteiger partial charge in [0.15, 0.2) is 5.96 Å². The van der Waals surface area contributed by atoms with E-state index in [0.717, 1.165) is 34.8 Å². The third-order valence-corrected chi connectivity index (χ3v) is 4.40. The molecule has 0 radical (unpaired) electrons. The number of nitrogens with one attached hydrogen (secondary N) is 2. The van der Waals surface area contributed by atoms with Crippen molar-refractivity contribution in [3.05, 3.63) is 64.7 Å². The Kier molecular flexibility index (Phi) is 10.5. The number of carbonyl (C=O) groups is 1. The SMILES string of the molecule is CN=C(NCCc1cccc(C(=O)N(C)C)c1)NCc1ccc(C)cc1OC.I. The first-order chi connectivity index (χ1) is 13.4. The maximum Gasteiger partial charge on any atom is 0.253 e. The highest BCUT2D eigenvalue weighted by Gasteiger charge is 2.08. The van der Waals surface area contributed by atoms with Crippen molar-refractivity contribution in [3.63, 3.8) is 0 Å². The Morgan fingerprint density at radius 2 is 1.90 bits per heavy atom. The summed E-state index contributed by atoms with van der Waals surface area (Å²) in [7, 11) is 6.95. The van der Waals surface area contributed by atoms with Crippen molar-refractivity contribution < 1.29 is 9.53 Å². The third-order valence-electron chi connectivity index (χ3n) is 4.40. The molecule has 0 aliphatic heterocycles. The van der Waals surface area contributed by atoms with Crippen LogP contribution in [0, 0.1) is 6.92 Å². The van der Waals surface area contributed by atoms with Crippen molar-refractivity contribution in [2.45, 2.75) is 19.9 Å². The Bertz CT molecular complexity index is 837. The van der Waals surface area contributed by atoms with Gasteiger partial charge < -0.3 is 20.3 Å². The maximum atomic E-state index is 12.1. The van der Waals surface area contributed by atoms with Gasteiger partial charge in [0.25, 0.3) is 5.91 Å². The second kappa shape index (κ2) is 12.3. The van der Waals surface area contributed by atoms with E-state index in [9.17, 15) is 4.79 Å². The predicted octanol–water partition coefficient (Wildman–Crippen LogP) is 3.23. The number of hydrogen-bond acceptors (Lipinski definition) is 3. The zero-order valence-electron chi connectivity index (χ0n) is 17.8. The number of ether oxygens (including phenoxy) is 1. The van der Waals surface area contributed by atoms with E-state index >= 15 is 0 Å². The van der Waals surface area contributed by atoms with Crippen LogP contribution in [0.5, 0.6) is 5.75 Å². The average Bonchev–Trinajstić information content (AvgIpc) is 2.70. The van der Waals surface area contributed by atoms with Crippen LogP contribution in [0.2, 0.25) is 0 Å². The third kappa shape index (κ3) is 7.56. The molecular formula is C22H31IN4O2. The molecule has 0 fully saturated rings. The highest BCUT2D eigenvalue weighted by atomic mass is 127. The molecule has 0 atom stereocenters. The first kappa shape index (κ1) is 24.7. The fraction of sp³-hybridized carbons (Fsp3) is 0.364. The molecule has 0 unspecified atom stereocenters. The molecule has 29 heavy (non-hydrogen) atoms. The monoisotopic (exact) mass is 510 g/mol. The van der Waals surface area contributed by atoms with E-state index in [4.69, 9.17) is 4.74 Å². The molecule has 2 rings (SSSR count). The van der Waals surface area contributed by atoms with Gasteiger partial charge in [-0.05, 0) is 42.7 Å². The van der Waals surface area contributed by atoms with Crippen LogP contribution in [0.15, 0.2) is 47.5 Å². The highest BCUT2D eigenvalue weighted by molar-refractivity contribution is 14.0. The minimum atomic E-state index is 0. The average molecular weight is 510 g/mol. The predicted molar refractivity (Wildman–Crippen MR) is 130 cm³/mol. The topological polar surface area (TPSA) is 66.0 Å². The number of benzene rings is 2. The summed E-state index contributed by atoms with van der Waals surface area (Å²) < 4.78 is 5.45. The summed E-state index contributed by atoms with van der Waals surface area (Å²) in [6, 6.07) is 13.9. The molecule has 158 valence electrons. The van der Waals surface area contributed by atoms with E-state index in [0.29, 0.717) is 18.7 Å². The number of halogens is 1. The zero-order chi connectivity index (χ0) is 20.5. The zero-order valence-corrected chi connectivity index (χ0v) is 20.1. The van der Waals surface area contributed by atoms with Crippen molar-refractivity contribution >= 4 is 35.8 Å². The van der Waals surface area contributed by atoms with Gasteiger partial charge >= 0.3 is 0 Å². The second-order valence-corrected chi connectivity index (χ2v) is 6.82. The summed E-state index contributed by atoms with van der Waals surface area (Å²) in [5, 5.41) is 6.62. The fourth-order valence-electron chi connectivity index (χ4n) is 2.84. The maximum absolute atomic E-state index is 12.1. The Balaban J connectivity index is 0.00000420. The van der Waals surface area contributed by atoms with Gasteiger partial charge in [-0.25, -0.2) is 0 Å². The quantitative estimate of drug-likeness (QED) is 0.341. The number of rotatable bonds is 7. The molecule has 0 spiro atoms. The molecule has 0 bridgehead atoms. The molecule has 7 heteroatoms. The number of methoxy groups -OCH3 is 1. The van der Waals surface area contributed by atoms with E-state index in [1.807, 2.05) is 37.3 Å². The standard InChI is InChI=1S/C22H30N4O2.HI/c1-16-9-10-19(20(13-16)28-5)15-25-22(23-2)24-12-11-17-7-6-8-18(14-17)21(27)26(3)4;/h6-10,13-14H,11-12,15H2,1-5H3,(H2,23,24,25);1H. The minimum Gasteiger partial charge on any atom is -0.496 e. The van der Waals surface area contributed by atoms with Crippen LogP contribution in [0.3, 0.4) is 0 Å². The Morgan fingerprint density at radius 1 is 1.14 bits per heavy atom. The molecule has 0 aromatic heterocycles. The first-order valence-electron chi connectivity index (χ1n) is 9.33. The number of hydrogen-bond donors (Lipinski definition) is 2. The normalized spacial score (nSPS) is 10.7. The number of amides is 1. The van der Waals surface area contributed by atoms with Gasteiger partial charge in [-0.2, -0.15) is 0 Å². The molecule has 0 aliphatic rings. The molecule has 0 saturated carbocycles. The molecule has 0 heterocycles.